The molecule has 6 heteroatoms. The summed E-state index contributed by atoms with van der Waals surface area (Å²) in [5.41, 5.74) is -0.537. The van der Waals surface area contributed by atoms with Crippen molar-refractivity contribution in [2.75, 3.05) is 13.1 Å². The van der Waals surface area contributed by atoms with E-state index in [2.05, 4.69) is 5.32 Å². The average molecular weight is 284 g/mol. The molecule has 0 aromatic carbocycles. The van der Waals surface area contributed by atoms with Gasteiger partial charge in [0.1, 0.15) is 0 Å². The van der Waals surface area contributed by atoms with Crippen LogP contribution in [0.15, 0.2) is 0 Å². The fraction of sp³-hybridized carbons (Fsp3) is 0.786. The third-order valence-corrected chi connectivity index (χ3v) is 3.84. The number of hydrogen-bond acceptors (Lipinski definition) is 3. The number of nitrogens with zero attached hydrogens (tertiary/aromatic N) is 1. The molecule has 0 radical (unpaired) electrons. The summed E-state index contributed by atoms with van der Waals surface area (Å²) in [4.78, 5) is 36.6. The molecule has 1 fully saturated rings. The van der Waals surface area contributed by atoms with Crippen LogP contribution in [0.1, 0.15) is 34.6 Å². The molecular formula is C14H24N2O4. The monoisotopic (exact) mass is 284 g/mol. The van der Waals surface area contributed by atoms with Crippen LogP contribution in [0, 0.1) is 17.3 Å². The fourth-order valence-electron chi connectivity index (χ4n) is 2.64. The van der Waals surface area contributed by atoms with Gasteiger partial charge >= 0.3 is 5.97 Å². The minimum atomic E-state index is -0.948. The van der Waals surface area contributed by atoms with Crippen LogP contribution < -0.4 is 5.32 Å². The number of hydrogen-bond donors (Lipinski definition) is 2. The number of rotatable bonds is 6. The van der Waals surface area contributed by atoms with E-state index in [1.165, 1.54) is 4.90 Å². The first-order valence-corrected chi connectivity index (χ1v) is 6.93. The number of carbonyl (C=O) groups is 3. The second kappa shape index (κ2) is 5.81. The van der Waals surface area contributed by atoms with Crippen molar-refractivity contribution in [1.29, 1.82) is 0 Å². The topological polar surface area (TPSA) is 86.7 Å². The molecule has 0 aromatic heterocycles. The number of carbonyl (C=O) groups excluding carboxylic acids is 2. The number of carboxylic acids is 1. The standard InChI is InChI=1S/C14H24N2O4/c1-6-16(7-9(17)15-8(2)3)12(18)10-11(13(19)20)14(10,4)5/h8,10-11H,6-7H2,1-5H3,(H,15,17)(H,19,20). The van der Waals surface area contributed by atoms with Gasteiger partial charge in [-0.2, -0.15) is 0 Å². The molecule has 1 aliphatic carbocycles. The molecule has 1 saturated carbocycles. The maximum absolute atomic E-state index is 12.4. The molecule has 2 unspecified atom stereocenters. The summed E-state index contributed by atoms with van der Waals surface area (Å²) in [6, 6.07) is 0.0143. The van der Waals surface area contributed by atoms with E-state index in [1.54, 1.807) is 20.8 Å². The molecule has 114 valence electrons. The quantitative estimate of drug-likeness (QED) is 0.752. The molecule has 0 heterocycles. The van der Waals surface area contributed by atoms with Crippen LogP contribution in [0.2, 0.25) is 0 Å². The van der Waals surface area contributed by atoms with Gasteiger partial charge in [0.05, 0.1) is 18.4 Å². The van der Waals surface area contributed by atoms with Gasteiger partial charge in [-0.25, -0.2) is 0 Å². The van der Waals surface area contributed by atoms with E-state index in [9.17, 15) is 14.4 Å². The molecule has 0 bridgehead atoms. The van der Waals surface area contributed by atoms with Gasteiger partial charge in [-0.1, -0.05) is 13.8 Å². The highest BCUT2D eigenvalue weighted by Gasteiger charge is 2.66. The molecule has 0 aromatic rings. The Labute approximate surface area is 119 Å². The minimum absolute atomic E-state index is 0.0143. The van der Waals surface area contributed by atoms with E-state index in [0.29, 0.717) is 6.54 Å². The average Bonchev–Trinajstić information content (AvgIpc) is 2.87. The molecule has 2 N–H and O–H groups in total. The molecule has 2 amide bonds. The number of aliphatic carboxylic acids is 1. The lowest BCUT2D eigenvalue weighted by Crippen LogP contribution is -2.43. The van der Waals surface area contributed by atoms with E-state index in [-0.39, 0.29) is 24.4 Å². The van der Waals surface area contributed by atoms with Gasteiger partial charge in [-0.05, 0) is 26.2 Å². The van der Waals surface area contributed by atoms with Crippen LogP contribution in [-0.4, -0.2) is 46.9 Å². The van der Waals surface area contributed by atoms with Crippen molar-refractivity contribution >= 4 is 17.8 Å². The van der Waals surface area contributed by atoms with E-state index in [1.807, 2.05) is 13.8 Å². The van der Waals surface area contributed by atoms with Gasteiger partial charge in [0.15, 0.2) is 0 Å². The maximum Gasteiger partial charge on any atom is 0.307 e. The van der Waals surface area contributed by atoms with E-state index in [4.69, 9.17) is 5.11 Å². The zero-order valence-electron chi connectivity index (χ0n) is 12.8. The second-order valence-corrected chi connectivity index (χ2v) is 6.19. The highest BCUT2D eigenvalue weighted by atomic mass is 16.4. The van der Waals surface area contributed by atoms with Gasteiger partial charge in [-0.3, -0.25) is 14.4 Å². The van der Waals surface area contributed by atoms with Crippen molar-refractivity contribution in [3.8, 4) is 0 Å². The zero-order valence-corrected chi connectivity index (χ0v) is 12.8. The predicted octanol–water partition coefficient (Wildman–Crippen LogP) is 0.716. The smallest absolute Gasteiger partial charge is 0.307 e. The second-order valence-electron chi connectivity index (χ2n) is 6.19. The Balaban J connectivity index is 2.70. The Hall–Kier alpha value is -1.59. The summed E-state index contributed by atoms with van der Waals surface area (Å²) in [5, 5.41) is 11.8. The number of carboxylic acid groups (broad SMARTS) is 1. The van der Waals surface area contributed by atoms with Crippen LogP contribution in [0.25, 0.3) is 0 Å². The number of nitrogens with one attached hydrogen (secondary N) is 1. The predicted molar refractivity (Wildman–Crippen MR) is 73.9 cm³/mol. The summed E-state index contributed by atoms with van der Waals surface area (Å²) in [7, 11) is 0. The number of amides is 2. The van der Waals surface area contributed by atoms with Crippen LogP contribution in [0.3, 0.4) is 0 Å². The summed E-state index contributed by atoms with van der Waals surface area (Å²) >= 11 is 0. The molecule has 1 aliphatic rings. The van der Waals surface area contributed by atoms with Crippen molar-refractivity contribution < 1.29 is 19.5 Å². The lowest BCUT2D eigenvalue weighted by atomic mass is 10.1. The largest absolute Gasteiger partial charge is 0.481 e. The summed E-state index contributed by atoms with van der Waals surface area (Å²) in [5.74, 6) is -2.61. The number of likely N-dealkylation sites (N-methyl/N-ethyl adjacent to an activating group) is 1. The van der Waals surface area contributed by atoms with Crippen molar-refractivity contribution in [2.24, 2.45) is 17.3 Å². The van der Waals surface area contributed by atoms with Gasteiger partial charge < -0.3 is 15.3 Å². The van der Waals surface area contributed by atoms with E-state index < -0.39 is 23.2 Å². The molecule has 1 rings (SSSR count). The van der Waals surface area contributed by atoms with Gasteiger partial charge in [-0.15, -0.1) is 0 Å². The Kier molecular flexibility index (Phi) is 4.78. The van der Waals surface area contributed by atoms with Crippen molar-refractivity contribution in [2.45, 2.75) is 40.7 Å². The highest BCUT2D eigenvalue weighted by molar-refractivity contribution is 5.93. The Bertz CT molecular complexity index is 417. The fourth-order valence-corrected chi connectivity index (χ4v) is 2.64. The van der Waals surface area contributed by atoms with E-state index in [0.717, 1.165) is 0 Å². The lowest BCUT2D eigenvalue weighted by Gasteiger charge is -2.21. The van der Waals surface area contributed by atoms with Gasteiger partial charge in [0.2, 0.25) is 11.8 Å². The summed E-state index contributed by atoms with van der Waals surface area (Å²) in [6.45, 7) is 9.40. The minimum Gasteiger partial charge on any atom is -0.481 e. The first kappa shape index (κ1) is 16.5. The molecule has 6 nitrogen and oxygen atoms in total. The van der Waals surface area contributed by atoms with Crippen LogP contribution in [0.4, 0.5) is 0 Å². The third-order valence-electron chi connectivity index (χ3n) is 3.84. The first-order valence-electron chi connectivity index (χ1n) is 6.93. The van der Waals surface area contributed by atoms with Crippen LogP contribution >= 0.6 is 0 Å². The Morgan fingerprint density at radius 3 is 2.15 bits per heavy atom. The highest BCUT2D eigenvalue weighted by Crippen LogP contribution is 2.58. The van der Waals surface area contributed by atoms with Crippen molar-refractivity contribution in [3.05, 3.63) is 0 Å². The summed E-state index contributed by atoms with van der Waals surface area (Å²) < 4.78 is 0. The molecule has 0 spiro atoms. The first-order chi connectivity index (χ1) is 9.12. The lowest BCUT2D eigenvalue weighted by molar-refractivity contribution is -0.142. The van der Waals surface area contributed by atoms with Crippen molar-refractivity contribution in [1.82, 2.24) is 10.2 Å². The molecule has 20 heavy (non-hydrogen) atoms. The Morgan fingerprint density at radius 2 is 1.80 bits per heavy atom. The maximum atomic E-state index is 12.4. The normalized spacial score (nSPS) is 23.3. The van der Waals surface area contributed by atoms with Gasteiger partial charge in [0, 0.05) is 12.6 Å². The molecule has 0 aliphatic heterocycles. The molecule has 0 saturated heterocycles. The zero-order chi connectivity index (χ0) is 15.7. The molecular weight excluding hydrogens is 260 g/mol. The van der Waals surface area contributed by atoms with Crippen molar-refractivity contribution in [3.63, 3.8) is 0 Å². The van der Waals surface area contributed by atoms with Gasteiger partial charge in [0.25, 0.3) is 0 Å². The van der Waals surface area contributed by atoms with E-state index >= 15 is 0 Å². The van der Waals surface area contributed by atoms with Crippen LogP contribution in [-0.2, 0) is 14.4 Å². The summed E-state index contributed by atoms with van der Waals surface area (Å²) in [6.07, 6.45) is 0. The third kappa shape index (κ3) is 3.29. The molecule has 2 atom stereocenters. The SMILES string of the molecule is CCN(CC(=O)NC(C)C)C(=O)C1C(C(=O)O)C1(C)C. The Morgan fingerprint density at radius 1 is 1.25 bits per heavy atom. The van der Waals surface area contributed by atoms with Crippen LogP contribution in [0.5, 0.6) is 0 Å².